The Bertz CT molecular complexity index is 366. The molecule has 2 rings (SSSR count). The number of benzene rings is 1. The third-order valence-corrected chi connectivity index (χ3v) is 3.43. The number of hydrogen-bond donors (Lipinski definition) is 1. The summed E-state index contributed by atoms with van der Waals surface area (Å²) in [6, 6.07) is 7.49. The van der Waals surface area contributed by atoms with Crippen molar-refractivity contribution in [3.63, 3.8) is 0 Å². The molecule has 1 aromatic rings. The highest BCUT2D eigenvalue weighted by atomic mass is 16.5. The summed E-state index contributed by atoms with van der Waals surface area (Å²) in [5.74, 6) is 0.797. The number of likely N-dealkylation sites (N-methyl/N-ethyl adjacent to an activating group) is 1. The van der Waals surface area contributed by atoms with Gasteiger partial charge in [0.05, 0.1) is 13.7 Å². The van der Waals surface area contributed by atoms with Gasteiger partial charge in [0.2, 0.25) is 0 Å². The van der Waals surface area contributed by atoms with E-state index in [1.807, 2.05) is 24.3 Å². The number of nitrogens with zero attached hydrogens (tertiary/aromatic N) is 1. The molecular weight excluding hydrogens is 230 g/mol. The Morgan fingerprint density at radius 2 is 2.17 bits per heavy atom. The fourth-order valence-electron chi connectivity index (χ4n) is 2.23. The molecule has 1 aliphatic heterocycles. The van der Waals surface area contributed by atoms with Gasteiger partial charge in [0.15, 0.2) is 0 Å². The molecule has 2 unspecified atom stereocenters. The number of ether oxygens (including phenoxy) is 2. The molecule has 18 heavy (non-hydrogen) atoms. The average Bonchev–Trinajstić information content (AvgIpc) is 2.46. The Kier molecular flexibility index (Phi) is 4.58. The second-order valence-corrected chi connectivity index (χ2v) is 4.52. The summed E-state index contributed by atoms with van der Waals surface area (Å²) in [6.07, 6.45) is -0.725. The molecular formula is C14H21NO3. The molecule has 0 spiro atoms. The number of aliphatic hydroxyl groups is 1. The third kappa shape index (κ3) is 3.02. The maximum absolute atomic E-state index is 10.3. The summed E-state index contributed by atoms with van der Waals surface area (Å²) in [4.78, 5) is 2.29. The lowest BCUT2D eigenvalue weighted by Gasteiger charge is -2.34. The van der Waals surface area contributed by atoms with Crippen molar-refractivity contribution < 1.29 is 14.6 Å². The highest BCUT2D eigenvalue weighted by molar-refractivity contribution is 5.29. The van der Waals surface area contributed by atoms with Gasteiger partial charge in [-0.2, -0.15) is 0 Å². The lowest BCUT2D eigenvalue weighted by Crippen LogP contribution is -2.44. The van der Waals surface area contributed by atoms with E-state index < -0.39 is 6.10 Å². The van der Waals surface area contributed by atoms with Crippen molar-refractivity contribution in [3.8, 4) is 5.75 Å². The maximum Gasteiger partial charge on any atom is 0.118 e. The summed E-state index contributed by atoms with van der Waals surface area (Å²) >= 11 is 0. The molecule has 0 saturated carbocycles. The van der Waals surface area contributed by atoms with Gasteiger partial charge in [-0.25, -0.2) is 0 Å². The molecule has 4 heteroatoms. The summed E-state index contributed by atoms with van der Waals surface area (Å²) in [7, 11) is 1.63. The molecule has 1 saturated heterocycles. The first-order chi connectivity index (χ1) is 8.74. The highest BCUT2D eigenvalue weighted by Crippen LogP contribution is 2.24. The van der Waals surface area contributed by atoms with Gasteiger partial charge < -0.3 is 14.6 Å². The number of methoxy groups -OCH3 is 1. The lowest BCUT2D eigenvalue weighted by atomic mass is 10.0. The molecule has 0 aliphatic carbocycles. The van der Waals surface area contributed by atoms with Gasteiger partial charge in [-0.05, 0) is 24.2 Å². The molecule has 0 radical (unpaired) electrons. The van der Waals surface area contributed by atoms with Gasteiger partial charge in [0.25, 0.3) is 0 Å². The quantitative estimate of drug-likeness (QED) is 0.879. The molecule has 1 aliphatic rings. The van der Waals surface area contributed by atoms with E-state index in [9.17, 15) is 5.11 Å². The van der Waals surface area contributed by atoms with Crippen LogP contribution in [0.3, 0.4) is 0 Å². The first-order valence-electron chi connectivity index (χ1n) is 6.40. The summed E-state index contributed by atoms with van der Waals surface area (Å²) in [5.41, 5.74) is 0.874. The third-order valence-electron chi connectivity index (χ3n) is 3.43. The molecule has 0 bridgehead atoms. The van der Waals surface area contributed by atoms with E-state index in [4.69, 9.17) is 9.47 Å². The fraction of sp³-hybridized carbons (Fsp3) is 0.571. The molecule has 0 aromatic heterocycles. The topological polar surface area (TPSA) is 41.9 Å². The van der Waals surface area contributed by atoms with E-state index in [0.717, 1.165) is 30.9 Å². The van der Waals surface area contributed by atoms with E-state index in [-0.39, 0.29) is 6.10 Å². The Balaban J connectivity index is 2.02. The van der Waals surface area contributed by atoms with Crippen LogP contribution >= 0.6 is 0 Å². The Labute approximate surface area is 108 Å². The Morgan fingerprint density at radius 1 is 1.44 bits per heavy atom. The van der Waals surface area contributed by atoms with Crippen molar-refractivity contribution >= 4 is 0 Å². The largest absolute Gasteiger partial charge is 0.497 e. The average molecular weight is 251 g/mol. The van der Waals surface area contributed by atoms with Gasteiger partial charge in [-0.1, -0.05) is 19.1 Å². The second kappa shape index (κ2) is 6.18. The minimum Gasteiger partial charge on any atom is -0.497 e. The standard InChI is InChI=1S/C14H21NO3/c1-3-15-8-9-18-13(10-15)14(16)11-4-6-12(17-2)7-5-11/h4-7,13-14,16H,3,8-10H2,1-2H3. The van der Waals surface area contributed by atoms with Gasteiger partial charge in [-0.3, -0.25) is 4.90 Å². The van der Waals surface area contributed by atoms with Crippen LogP contribution in [0.15, 0.2) is 24.3 Å². The van der Waals surface area contributed by atoms with E-state index in [1.54, 1.807) is 7.11 Å². The number of hydrogen-bond acceptors (Lipinski definition) is 4. The van der Waals surface area contributed by atoms with E-state index in [2.05, 4.69) is 11.8 Å². The number of rotatable bonds is 4. The van der Waals surface area contributed by atoms with Crippen LogP contribution in [0.4, 0.5) is 0 Å². The molecule has 1 fully saturated rings. The van der Waals surface area contributed by atoms with Crippen molar-refractivity contribution in [2.24, 2.45) is 0 Å². The van der Waals surface area contributed by atoms with E-state index >= 15 is 0 Å². The fourth-order valence-corrected chi connectivity index (χ4v) is 2.23. The predicted molar refractivity (Wildman–Crippen MR) is 69.8 cm³/mol. The molecule has 1 N–H and O–H groups in total. The lowest BCUT2D eigenvalue weighted by molar-refractivity contribution is -0.0888. The minimum absolute atomic E-state index is 0.146. The smallest absolute Gasteiger partial charge is 0.118 e. The van der Waals surface area contributed by atoms with E-state index in [1.165, 1.54) is 0 Å². The van der Waals surface area contributed by atoms with Crippen molar-refractivity contribution in [3.05, 3.63) is 29.8 Å². The molecule has 1 heterocycles. The van der Waals surface area contributed by atoms with Crippen LogP contribution in [0.5, 0.6) is 5.75 Å². The van der Waals surface area contributed by atoms with Crippen LogP contribution in [0.2, 0.25) is 0 Å². The summed E-state index contributed by atoms with van der Waals surface area (Å²) in [6.45, 7) is 5.54. The number of morpholine rings is 1. The predicted octanol–water partition coefficient (Wildman–Crippen LogP) is 1.45. The van der Waals surface area contributed by atoms with Crippen LogP contribution in [0.1, 0.15) is 18.6 Å². The molecule has 100 valence electrons. The van der Waals surface area contributed by atoms with Crippen molar-refractivity contribution in [2.45, 2.75) is 19.1 Å². The second-order valence-electron chi connectivity index (χ2n) is 4.52. The van der Waals surface area contributed by atoms with Crippen molar-refractivity contribution in [1.29, 1.82) is 0 Å². The minimum atomic E-state index is -0.578. The molecule has 0 amide bonds. The molecule has 2 atom stereocenters. The number of aliphatic hydroxyl groups excluding tert-OH is 1. The Morgan fingerprint density at radius 3 is 2.78 bits per heavy atom. The molecule has 1 aromatic carbocycles. The molecule has 4 nitrogen and oxygen atoms in total. The summed E-state index contributed by atoms with van der Waals surface area (Å²) < 4.78 is 10.8. The van der Waals surface area contributed by atoms with Gasteiger partial charge in [0, 0.05) is 13.1 Å². The van der Waals surface area contributed by atoms with Gasteiger partial charge in [-0.15, -0.1) is 0 Å². The van der Waals surface area contributed by atoms with Crippen LogP contribution in [-0.2, 0) is 4.74 Å². The van der Waals surface area contributed by atoms with Crippen LogP contribution < -0.4 is 4.74 Å². The van der Waals surface area contributed by atoms with Crippen LogP contribution in [0.25, 0.3) is 0 Å². The monoisotopic (exact) mass is 251 g/mol. The van der Waals surface area contributed by atoms with Gasteiger partial charge >= 0.3 is 0 Å². The van der Waals surface area contributed by atoms with Gasteiger partial charge in [0.1, 0.15) is 18.0 Å². The Hall–Kier alpha value is -1.10. The SMILES string of the molecule is CCN1CCOC(C(O)c2ccc(OC)cc2)C1. The van der Waals surface area contributed by atoms with Crippen molar-refractivity contribution in [1.82, 2.24) is 4.90 Å². The maximum atomic E-state index is 10.3. The summed E-state index contributed by atoms with van der Waals surface area (Å²) in [5, 5.41) is 10.3. The first kappa shape index (κ1) is 13.3. The zero-order valence-corrected chi connectivity index (χ0v) is 11.0. The first-order valence-corrected chi connectivity index (χ1v) is 6.40. The zero-order valence-electron chi connectivity index (χ0n) is 11.0. The normalized spacial score (nSPS) is 22.7. The highest BCUT2D eigenvalue weighted by Gasteiger charge is 2.27. The van der Waals surface area contributed by atoms with Crippen molar-refractivity contribution in [2.75, 3.05) is 33.4 Å². The zero-order chi connectivity index (χ0) is 13.0. The van der Waals surface area contributed by atoms with Crippen LogP contribution in [-0.4, -0.2) is 49.5 Å². The van der Waals surface area contributed by atoms with E-state index in [0.29, 0.717) is 6.61 Å². The van der Waals surface area contributed by atoms with Crippen LogP contribution in [0, 0.1) is 0 Å².